The zero-order valence-electron chi connectivity index (χ0n) is 19.7. The van der Waals surface area contributed by atoms with Gasteiger partial charge in [0.15, 0.2) is 0 Å². The van der Waals surface area contributed by atoms with E-state index in [0.29, 0.717) is 19.3 Å². The third kappa shape index (κ3) is 7.26. The van der Waals surface area contributed by atoms with Crippen molar-refractivity contribution in [2.75, 3.05) is 25.1 Å². The van der Waals surface area contributed by atoms with Crippen molar-refractivity contribution >= 4 is 11.4 Å². The van der Waals surface area contributed by atoms with E-state index in [9.17, 15) is 0 Å². The highest BCUT2D eigenvalue weighted by Gasteiger charge is 2.21. The maximum absolute atomic E-state index is 6.13. The first-order chi connectivity index (χ1) is 16.3. The summed E-state index contributed by atoms with van der Waals surface area (Å²) in [7, 11) is 0. The first-order valence-corrected chi connectivity index (χ1v) is 12.3. The molecule has 3 aromatic carbocycles. The topological polar surface area (TPSA) is 33.7 Å². The molecule has 1 N–H and O–H groups in total. The minimum Gasteiger partial charge on any atom is -0.494 e. The summed E-state index contributed by atoms with van der Waals surface area (Å²) in [5.74, 6) is 1.80. The normalized spacial score (nSPS) is 14.2. The minimum atomic E-state index is 0.670. The lowest BCUT2D eigenvalue weighted by atomic mass is 9.94. The maximum atomic E-state index is 6.13. The van der Waals surface area contributed by atoms with Gasteiger partial charge < -0.3 is 14.8 Å². The molecule has 1 aliphatic carbocycles. The highest BCUT2D eigenvalue weighted by Crippen LogP contribution is 2.25. The van der Waals surface area contributed by atoms with Gasteiger partial charge in [-0.05, 0) is 73.9 Å². The van der Waals surface area contributed by atoms with Crippen LogP contribution in [0.4, 0.5) is 11.4 Å². The Bertz CT molecular complexity index is 936. The molecule has 33 heavy (non-hydrogen) atoms. The van der Waals surface area contributed by atoms with E-state index in [1.807, 2.05) is 43.3 Å². The molecule has 0 amide bonds. The molecule has 1 aliphatic rings. The highest BCUT2D eigenvalue weighted by molar-refractivity contribution is 5.61. The van der Waals surface area contributed by atoms with E-state index in [-0.39, 0.29) is 0 Å². The van der Waals surface area contributed by atoms with E-state index < -0.39 is 0 Å². The quantitative estimate of drug-likeness (QED) is 0.344. The lowest BCUT2D eigenvalue weighted by Crippen LogP contribution is -2.39. The molecule has 174 valence electrons. The van der Waals surface area contributed by atoms with Crippen LogP contribution in [0.5, 0.6) is 11.5 Å². The first kappa shape index (κ1) is 23.2. The number of anilines is 2. The third-order valence-electron chi connectivity index (χ3n) is 6.28. The summed E-state index contributed by atoms with van der Waals surface area (Å²) in [5, 5.41) is 3.43. The van der Waals surface area contributed by atoms with Crippen LogP contribution < -0.4 is 14.8 Å². The summed E-state index contributed by atoms with van der Waals surface area (Å²) < 4.78 is 11.6. The Balaban J connectivity index is 1.28. The van der Waals surface area contributed by atoms with E-state index in [1.165, 1.54) is 37.7 Å². The van der Waals surface area contributed by atoms with Crippen molar-refractivity contribution in [2.45, 2.75) is 51.6 Å². The third-order valence-corrected chi connectivity index (χ3v) is 6.28. The molecule has 4 heteroatoms. The second-order valence-corrected chi connectivity index (χ2v) is 8.70. The van der Waals surface area contributed by atoms with Gasteiger partial charge in [0.05, 0.1) is 6.61 Å². The molecule has 1 saturated carbocycles. The molecule has 1 fully saturated rings. The number of rotatable bonds is 11. The largest absolute Gasteiger partial charge is 0.494 e. The number of hydrogen-bond acceptors (Lipinski definition) is 4. The summed E-state index contributed by atoms with van der Waals surface area (Å²) in [6.07, 6.45) is 6.68. The molecular weight excluding hydrogens is 408 g/mol. The molecular formula is C29H36N2O2. The van der Waals surface area contributed by atoms with Gasteiger partial charge in [0, 0.05) is 30.5 Å². The molecule has 4 rings (SSSR count). The van der Waals surface area contributed by atoms with Gasteiger partial charge in [-0.2, -0.15) is 0 Å². The molecule has 0 unspecified atom stereocenters. The number of nitrogens with one attached hydrogen (secondary N) is 1. The predicted octanol–water partition coefficient (Wildman–Crippen LogP) is 7.04. The summed E-state index contributed by atoms with van der Waals surface area (Å²) >= 11 is 0. The van der Waals surface area contributed by atoms with Gasteiger partial charge in [0.25, 0.3) is 0 Å². The van der Waals surface area contributed by atoms with Crippen molar-refractivity contribution in [1.29, 1.82) is 0 Å². The molecule has 0 heterocycles. The van der Waals surface area contributed by atoms with Crippen LogP contribution in [0, 0.1) is 0 Å². The fourth-order valence-corrected chi connectivity index (χ4v) is 4.54. The van der Waals surface area contributed by atoms with E-state index in [1.54, 1.807) is 0 Å². The van der Waals surface area contributed by atoms with Crippen molar-refractivity contribution in [2.24, 2.45) is 0 Å². The zero-order chi connectivity index (χ0) is 22.7. The van der Waals surface area contributed by atoms with Crippen LogP contribution in [-0.4, -0.2) is 30.7 Å². The summed E-state index contributed by atoms with van der Waals surface area (Å²) in [6.45, 7) is 5.33. The number of nitrogens with zero attached hydrogens (tertiary/aromatic N) is 1. The fraction of sp³-hybridized carbons (Fsp3) is 0.379. The number of hydrogen-bond donors (Lipinski definition) is 1. The van der Waals surface area contributed by atoms with Crippen LogP contribution >= 0.6 is 0 Å². The van der Waals surface area contributed by atoms with Crippen LogP contribution in [0.15, 0.2) is 78.9 Å². The number of benzene rings is 3. The molecule has 0 bridgehead atoms. The predicted molar refractivity (Wildman–Crippen MR) is 137 cm³/mol. The second-order valence-electron chi connectivity index (χ2n) is 8.70. The fourth-order valence-electron chi connectivity index (χ4n) is 4.54. The van der Waals surface area contributed by atoms with Crippen molar-refractivity contribution in [3.05, 3.63) is 84.4 Å². The van der Waals surface area contributed by atoms with Gasteiger partial charge in [0.1, 0.15) is 18.1 Å². The molecule has 0 atom stereocenters. The van der Waals surface area contributed by atoms with Crippen molar-refractivity contribution in [1.82, 2.24) is 4.90 Å². The Morgan fingerprint density at radius 1 is 0.758 bits per heavy atom. The van der Waals surface area contributed by atoms with Gasteiger partial charge in [-0.3, -0.25) is 4.90 Å². The maximum Gasteiger partial charge on any atom is 0.119 e. The van der Waals surface area contributed by atoms with Crippen LogP contribution in [0.25, 0.3) is 0 Å². The molecule has 0 aliphatic heterocycles. The van der Waals surface area contributed by atoms with Crippen LogP contribution in [0.1, 0.15) is 44.6 Å². The molecule has 0 saturated heterocycles. The SMILES string of the molecule is CCOc1ccc(Nc2ccc(OCCN(Cc3ccccc3)C3CCCCC3)cc2)cc1. The molecule has 3 aromatic rings. The summed E-state index contributed by atoms with van der Waals surface area (Å²) in [5.41, 5.74) is 3.46. The average Bonchev–Trinajstić information content (AvgIpc) is 2.87. The standard InChI is InChI=1S/C29H36N2O2/c1-2-32-28-17-13-25(14-18-28)30-26-15-19-29(20-16-26)33-22-21-31(27-11-7-4-8-12-27)23-24-9-5-3-6-10-24/h3,5-6,9-10,13-20,27,30H,2,4,7-8,11-12,21-23H2,1H3. The monoisotopic (exact) mass is 444 g/mol. The van der Waals surface area contributed by atoms with E-state index in [2.05, 4.69) is 52.7 Å². The number of ether oxygens (including phenoxy) is 2. The van der Waals surface area contributed by atoms with Crippen molar-refractivity contribution in [3.8, 4) is 11.5 Å². The Hall–Kier alpha value is -2.98. The second kappa shape index (κ2) is 12.3. The Morgan fingerprint density at radius 3 is 1.97 bits per heavy atom. The van der Waals surface area contributed by atoms with E-state index in [4.69, 9.17) is 9.47 Å². The zero-order valence-corrected chi connectivity index (χ0v) is 19.7. The Morgan fingerprint density at radius 2 is 1.36 bits per heavy atom. The van der Waals surface area contributed by atoms with E-state index >= 15 is 0 Å². The summed E-state index contributed by atoms with van der Waals surface area (Å²) in [6, 6.07) is 27.7. The first-order valence-electron chi connectivity index (χ1n) is 12.3. The Kier molecular flexibility index (Phi) is 8.65. The van der Waals surface area contributed by atoms with Gasteiger partial charge in [-0.15, -0.1) is 0 Å². The van der Waals surface area contributed by atoms with Crippen molar-refractivity contribution < 1.29 is 9.47 Å². The van der Waals surface area contributed by atoms with Gasteiger partial charge >= 0.3 is 0 Å². The van der Waals surface area contributed by atoms with Crippen LogP contribution in [0.3, 0.4) is 0 Å². The molecule has 0 radical (unpaired) electrons. The smallest absolute Gasteiger partial charge is 0.119 e. The molecule has 4 nitrogen and oxygen atoms in total. The lowest BCUT2D eigenvalue weighted by Gasteiger charge is -2.34. The van der Waals surface area contributed by atoms with Gasteiger partial charge in [-0.1, -0.05) is 49.6 Å². The van der Waals surface area contributed by atoms with Crippen LogP contribution in [-0.2, 0) is 6.54 Å². The Labute approximate surface area is 198 Å². The lowest BCUT2D eigenvalue weighted by molar-refractivity contribution is 0.123. The minimum absolute atomic E-state index is 0.670. The van der Waals surface area contributed by atoms with Crippen molar-refractivity contribution in [3.63, 3.8) is 0 Å². The molecule has 0 spiro atoms. The summed E-state index contributed by atoms with van der Waals surface area (Å²) in [4.78, 5) is 2.62. The average molecular weight is 445 g/mol. The van der Waals surface area contributed by atoms with E-state index in [0.717, 1.165) is 36.0 Å². The van der Waals surface area contributed by atoms with Gasteiger partial charge in [0.2, 0.25) is 0 Å². The van der Waals surface area contributed by atoms with Gasteiger partial charge in [-0.25, -0.2) is 0 Å². The highest BCUT2D eigenvalue weighted by atomic mass is 16.5. The van der Waals surface area contributed by atoms with Crippen LogP contribution in [0.2, 0.25) is 0 Å². The molecule has 0 aromatic heterocycles.